The first kappa shape index (κ1) is 13.1. The Morgan fingerprint density at radius 3 is 2.35 bits per heavy atom. The van der Waals surface area contributed by atoms with Gasteiger partial charge >= 0.3 is 0 Å². The lowest BCUT2D eigenvalue weighted by Crippen LogP contribution is -2.01. The molecule has 1 nitrogen and oxygen atoms in total. The molecule has 1 unspecified atom stereocenters. The van der Waals surface area contributed by atoms with Gasteiger partial charge in [0, 0.05) is 3.57 Å². The fourth-order valence-electron chi connectivity index (χ4n) is 1.56. The molecule has 2 aromatic rings. The van der Waals surface area contributed by atoms with Gasteiger partial charge in [-0.3, -0.25) is 0 Å². The third kappa shape index (κ3) is 2.94. The van der Waals surface area contributed by atoms with Crippen LogP contribution in [0.1, 0.15) is 17.2 Å². The zero-order chi connectivity index (χ0) is 12.4. The van der Waals surface area contributed by atoms with Gasteiger partial charge in [-0.15, -0.1) is 0 Å². The van der Waals surface area contributed by atoms with Gasteiger partial charge in [0.05, 0.1) is 10.0 Å². The Kier molecular flexibility index (Phi) is 4.31. The zero-order valence-corrected chi connectivity index (χ0v) is 12.4. The van der Waals surface area contributed by atoms with Crippen molar-refractivity contribution in [2.24, 2.45) is 0 Å². The quantitative estimate of drug-likeness (QED) is 0.752. The van der Waals surface area contributed by atoms with Crippen molar-refractivity contribution in [3.8, 4) is 0 Å². The van der Waals surface area contributed by atoms with E-state index in [4.69, 9.17) is 23.2 Å². The topological polar surface area (TPSA) is 20.2 Å². The SMILES string of the molecule is OC(c1ccc(Cl)c(Cl)c1)c1ccccc1I. The molecular formula is C13H9Cl2IO. The molecule has 0 aliphatic carbocycles. The van der Waals surface area contributed by atoms with Gasteiger partial charge in [-0.25, -0.2) is 0 Å². The summed E-state index contributed by atoms with van der Waals surface area (Å²) in [6.07, 6.45) is -0.683. The molecule has 0 spiro atoms. The van der Waals surface area contributed by atoms with Crippen LogP contribution in [0.25, 0.3) is 0 Å². The van der Waals surface area contributed by atoms with Gasteiger partial charge in [-0.05, 0) is 51.9 Å². The van der Waals surface area contributed by atoms with Crippen LogP contribution in [0.2, 0.25) is 10.0 Å². The lowest BCUT2D eigenvalue weighted by atomic mass is 10.0. The molecule has 0 saturated heterocycles. The molecule has 1 atom stereocenters. The maximum absolute atomic E-state index is 10.3. The number of aliphatic hydroxyl groups excluding tert-OH is 1. The van der Waals surface area contributed by atoms with Crippen molar-refractivity contribution in [1.82, 2.24) is 0 Å². The van der Waals surface area contributed by atoms with Gasteiger partial charge in [0.1, 0.15) is 6.10 Å². The number of rotatable bonds is 2. The van der Waals surface area contributed by atoms with Crippen molar-refractivity contribution in [2.45, 2.75) is 6.10 Å². The summed E-state index contributed by atoms with van der Waals surface area (Å²) in [7, 11) is 0. The van der Waals surface area contributed by atoms with Crippen LogP contribution in [-0.2, 0) is 0 Å². The van der Waals surface area contributed by atoms with Crippen molar-refractivity contribution < 1.29 is 5.11 Å². The minimum atomic E-state index is -0.683. The predicted octanol–water partition coefficient (Wildman–Crippen LogP) is 4.68. The summed E-state index contributed by atoms with van der Waals surface area (Å²) < 4.78 is 1.02. The summed E-state index contributed by atoms with van der Waals surface area (Å²) in [4.78, 5) is 0. The van der Waals surface area contributed by atoms with Crippen LogP contribution < -0.4 is 0 Å². The van der Waals surface area contributed by atoms with E-state index in [1.165, 1.54) is 0 Å². The molecule has 88 valence electrons. The highest BCUT2D eigenvalue weighted by atomic mass is 127. The minimum absolute atomic E-state index is 0.453. The Labute approximate surface area is 124 Å². The van der Waals surface area contributed by atoms with Crippen molar-refractivity contribution >= 4 is 45.8 Å². The molecule has 0 heterocycles. The second-order valence-electron chi connectivity index (χ2n) is 3.60. The third-order valence-corrected chi connectivity index (χ3v) is 4.18. The number of hydrogen-bond donors (Lipinski definition) is 1. The Balaban J connectivity index is 2.40. The van der Waals surface area contributed by atoms with Crippen LogP contribution in [-0.4, -0.2) is 5.11 Å². The van der Waals surface area contributed by atoms with E-state index in [9.17, 15) is 5.11 Å². The normalized spacial score (nSPS) is 12.5. The second-order valence-corrected chi connectivity index (χ2v) is 5.57. The molecule has 2 rings (SSSR count). The van der Waals surface area contributed by atoms with E-state index in [1.807, 2.05) is 24.3 Å². The number of benzene rings is 2. The molecule has 0 amide bonds. The summed E-state index contributed by atoms with van der Waals surface area (Å²) in [5.74, 6) is 0. The second kappa shape index (κ2) is 5.57. The lowest BCUT2D eigenvalue weighted by Gasteiger charge is -2.13. The van der Waals surface area contributed by atoms with Crippen LogP contribution in [0.3, 0.4) is 0 Å². The van der Waals surface area contributed by atoms with Gasteiger partial charge in [0.25, 0.3) is 0 Å². The molecule has 0 aromatic heterocycles. The monoisotopic (exact) mass is 378 g/mol. The van der Waals surface area contributed by atoms with E-state index >= 15 is 0 Å². The van der Waals surface area contributed by atoms with Crippen molar-refractivity contribution in [3.63, 3.8) is 0 Å². The summed E-state index contributed by atoms with van der Waals surface area (Å²) in [5.41, 5.74) is 1.61. The van der Waals surface area contributed by atoms with Crippen molar-refractivity contribution in [3.05, 3.63) is 67.2 Å². The van der Waals surface area contributed by atoms with E-state index in [2.05, 4.69) is 22.6 Å². The summed E-state index contributed by atoms with van der Waals surface area (Å²) in [6, 6.07) is 12.9. The van der Waals surface area contributed by atoms with Crippen molar-refractivity contribution in [1.29, 1.82) is 0 Å². The minimum Gasteiger partial charge on any atom is -0.384 e. The van der Waals surface area contributed by atoms with E-state index in [0.717, 1.165) is 14.7 Å². The van der Waals surface area contributed by atoms with Crippen LogP contribution >= 0.6 is 45.8 Å². The molecule has 0 fully saturated rings. The van der Waals surface area contributed by atoms with Gasteiger partial charge in [0.15, 0.2) is 0 Å². The smallest absolute Gasteiger partial charge is 0.105 e. The van der Waals surface area contributed by atoms with Crippen LogP contribution in [0.15, 0.2) is 42.5 Å². The van der Waals surface area contributed by atoms with E-state index in [0.29, 0.717) is 10.0 Å². The Morgan fingerprint density at radius 2 is 1.71 bits per heavy atom. The molecule has 2 aromatic carbocycles. The molecule has 17 heavy (non-hydrogen) atoms. The Morgan fingerprint density at radius 1 is 1.00 bits per heavy atom. The predicted molar refractivity (Wildman–Crippen MR) is 79.7 cm³/mol. The van der Waals surface area contributed by atoms with Crippen molar-refractivity contribution in [2.75, 3.05) is 0 Å². The summed E-state index contributed by atoms with van der Waals surface area (Å²) in [5, 5.41) is 11.2. The largest absolute Gasteiger partial charge is 0.384 e. The number of halogens is 3. The molecule has 1 N–H and O–H groups in total. The number of hydrogen-bond acceptors (Lipinski definition) is 1. The fraction of sp³-hybridized carbons (Fsp3) is 0.0769. The van der Waals surface area contributed by atoms with Crippen LogP contribution in [0.4, 0.5) is 0 Å². The molecule has 0 aliphatic rings. The first-order valence-electron chi connectivity index (χ1n) is 4.97. The summed E-state index contributed by atoms with van der Waals surface area (Å²) >= 11 is 14.0. The highest BCUT2D eigenvalue weighted by Crippen LogP contribution is 2.30. The third-order valence-electron chi connectivity index (χ3n) is 2.46. The Bertz CT molecular complexity index is 543. The Hall–Kier alpha value is -0.290. The van der Waals surface area contributed by atoms with E-state index in [-0.39, 0.29) is 0 Å². The maximum Gasteiger partial charge on any atom is 0.105 e. The van der Waals surface area contributed by atoms with Gasteiger partial charge in [-0.1, -0.05) is 47.5 Å². The van der Waals surface area contributed by atoms with Crippen LogP contribution in [0, 0.1) is 3.57 Å². The molecule has 4 heteroatoms. The summed E-state index contributed by atoms with van der Waals surface area (Å²) in [6.45, 7) is 0. The van der Waals surface area contributed by atoms with Gasteiger partial charge in [-0.2, -0.15) is 0 Å². The average Bonchev–Trinajstić information content (AvgIpc) is 2.32. The molecule has 0 bridgehead atoms. The standard InChI is InChI=1S/C13H9Cl2IO/c14-10-6-5-8(7-11(10)15)13(17)9-3-1-2-4-12(9)16/h1-7,13,17H. The zero-order valence-electron chi connectivity index (χ0n) is 8.70. The van der Waals surface area contributed by atoms with E-state index < -0.39 is 6.10 Å². The van der Waals surface area contributed by atoms with Gasteiger partial charge < -0.3 is 5.11 Å². The highest BCUT2D eigenvalue weighted by Gasteiger charge is 2.14. The lowest BCUT2D eigenvalue weighted by molar-refractivity contribution is 0.219. The fourth-order valence-corrected chi connectivity index (χ4v) is 2.55. The molecule has 0 saturated carbocycles. The first-order chi connectivity index (χ1) is 8.09. The van der Waals surface area contributed by atoms with E-state index in [1.54, 1.807) is 18.2 Å². The maximum atomic E-state index is 10.3. The molecular weight excluding hydrogens is 370 g/mol. The molecule has 0 aliphatic heterocycles. The van der Waals surface area contributed by atoms with Crippen LogP contribution in [0.5, 0.6) is 0 Å². The first-order valence-corrected chi connectivity index (χ1v) is 6.80. The number of aliphatic hydroxyl groups is 1. The molecule has 0 radical (unpaired) electrons. The van der Waals surface area contributed by atoms with Gasteiger partial charge in [0.2, 0.25) is 0 Å². The average molecular weight is 379 g/mol. The highest BCUT2D eigenvalue weighted by molar-refractivity contribution is 14.1.